The molecule has 106 valence electrons. The summed E-state index contributed by atoms with van der Waals surface area (Å²) in [6.07, 6.45) is 0. The zero-order valence-corrected chi connectivity index (χ0v) is 13.9. The highest BCUT2D eigenvalue weighted by atomic mass is 79.9. The maximum atomic E-state index is 5.98. The largest absolute Gasteiger partial charge is 0.493 e. The summed E-state index contributed by atoms with van der Waals surface area (Å²) >= 11 is 15.3. The Morgan fingerprint density at radius 2 is 1.70 bits per heavy atom. The summed E-state index contributed by atoms with van der Waals surface area (Å²) < 4.78 is 11.1. The summed E-state index contributed by atoms with van der Waals surface area (Å²) in [5.41, 5.74) is 2.07. The molecule has 2 nitrogen and oxygen atoms in total. The highest BCUT2D eigenvalue weighted by Gasteiger charge is 2.07. The predicted molar refractivity (Wildman–Crippen MR) is 86.4 cm³/mol. The number of rotatable bonds is 5. The van der Waals surface area contributed by atoms with E-state index in [-0.39, 0.29) is 0 Å². The van der Waals surface area contributed by atoms with Crippen molar-refractivity contribution in [2.75, 3.05) is 7.11 Å². The smallest absolute Gasteiger partial charge is 0.161 e. The van der Waals surface area contributed by atoms with E-state index in [9.17, 15) is 0 Å². The molecule has 0 spiro atoms. The quantitative estimate of drug-likeness (QED) is 0.644. The van der Waals surface area contributed by atoms with Gasteiger partial charge in [-0.1, -0.05) is 51.3 Å². The fraction of sp³-hybridized carbons (Fsp3) is 0.200. The van der Waals surface area contributed by atoms with Gasteiger partial charge < -0.3 is 9.47 Å². The third-order valence-electron chi connectivity index (χ3n) is 2.76. The van der Waals surface area contributed by atoms with Crippen molar-refractivity contribution >= 4 is 39.1 Å². The average molecular weight is 376 g/mol. The topological polar surface area (TPSA) is 18.5 Å². The lowest BCUT2D eigenvalue weighted by Crippen LogP contribution is -1.98. The monoisotopic (exact) mass is 374 g/mol. The number of methoxy groups -OCH3 is 1. The maximum absolute atomic E-state index is 5.98. The number of halogens is 3. The molecule has 0 bridgehead atoms. The minimum Gasteiger partial charge on any atom is -0.493 e. The second-order valence-electron chi connectivity index (χ2n) is 4.16. The van der Waals surface area contributed by atoms with Gasteiger partial charge in [0, 0.05) is 5.33 Å². The van der Waals surface area contributed by atoms with E-state index in [1.165, 1.54) is 0 Å². The molecule has 0 unspecified atom stereocenters. The molecule has 2 rings (SSSR count). The molecule has 5 heteroatoms. The third kappa shape index (κ3) is 3.81. The van der Waals surface area contributed by atoms with Crippen LogP contribution in [0.4, 0.5) is 0 Å². The molecular weight excluding hydrogens is 363 g/mol. The lowest BCUT2D eigenvalue weighted by Gasteiger charge is -2.12. The zero-order chi connectivity index (χ0) is 14.5. The van der Waals surface area contributed by atoms with E-state index in [0.717, 1.165) is 16.5 Å². The first kappa shape index (κ1) is 15.5. The molecule has 0 N–H and O–H groups in total. The van der Waals surface area contributed by atoms with Crippen LogP contribution in [0.5, 0.6) is 11.5 Å². The molecule has 0 aliphatic heterocycles. The molecule has 0 fully saturated rings. The Morgan fingerprint density at radius 1 is 0.950 bits per heavy atom. The molecular formula is C15H13BrCl2O2. The Labute approximate surface area is 136 Å². The van der Waals surface area contributed by atoms with Crippen LogP contribution in [0.3, 0.4) is 0 Å². The SMILES string of the molecule is COc1ccc(CBr)cc1OCc1ccc(Cl)c(Cl)c1. The third-order valence-corrected chi connectivity index (χ3v) is 4.15. The van der Waals surface area contributed by atoms with E-state index >= 15 is 0 Å². The normalized spacial score (nSPS) is 10.4. The second-order valence-corrected chi connectivity index (χ2v) is 5.53. The molecule has 0 aliphatic carbocycles. The minimum atomic E-state index is 0.402. The van der Waals surface area contributed by atoms with Crippen LogP contribution < -0.4 is 9.47 Å². The van der Waals surface area contributed by atoms with Gasteiger partial charge in [0.25, 0.3) is 0 Å². The van der Waals surface area contributed by atoms with Gasteiger partial charge >= 0.3 is 0 Å². The molecule has 0 saturated carbocycles. The molecule has 2 aromatic carbocycles. The zero-order valence-electron chi connectivity index (χ0n) is 10.8. The van der Waals surface area contributed by atoms with Gasteiger partial charge in [0.2, 0.25) is 0 Å². The number of ether oxygens (including phenoxy) is 2. The Bertz CT molecular complexity index is 602. The van der Waals surface area contributed by atoms with Gasteiger partial charge in [-0.3, -0.25) is 0 Å². The van der Waals surface area contributed by atoms with Gasteiger partial charge in [0.1, 0.15) is 6.61 Å². The summed E-state index contributed by atoms with van der Waals surface area (Å²) in [7, 11) is 1.62. The molecule has 0 saturated heterocycles. The van der Waals surface area contributed by atoms with Gasteiger partial charge in [-0.05, 0) is 35.4 Å². The van der Waals surface area contributed by atoms with E-state index in [1.54, 1.807) is 19.2 Å². The summed E-state index contributed by atoms with van der Waals surface area (Å²) in [6.45, 7) is 0.402. The van der Waals surface area contributed by atoms with Crippen molar-refractivity contribution in [1.82, 2.24) is 0 Å². The van der Waals surface area contributed by atoms with Gasteiger partial charge in [-0.2, -0.15) is 0 Å². The van der Waals surface area contributed by atoms with E-state index in [1.807, 2.05) is 24.3 Å². The molecule has 2 aromatic rings. The van der Waals surface area contributed by atoms with Crippen molar-refractivity contribution in [3.8, 4) is 11.5 Å². The number of hydrogen-bond donors (Lipinski definition) is 0. The van der Waals surface area contributed by atoms with Crippen LogP contribution in [-0.4, -0.2) is 7.11 Å². The van der Waals surface area contributed by atoms with E-state index in [2.05, 4.69) is 15.9 Å². The maximum Gasteiger partial charge on any atom is 0.161 e. The highest BCUT2D eigenvalue weighted by Crippen LogP contribution is 2.30. The highest BCUT2D eigenvalue weighted by molar-refractivity contribution is 9.08. The van der Waals surface area contributed by atoms with Crippen molar-refractivity contribution in [2.24, 2.45) is 0 Å². The summed E-state index contributed by atoms with van der Waals surface area (Å²) in [6, 6.07) is 11.3. The van der Waals surface area contributed by atoms with Crippen LogP contribution in [0.15, 0.2) is 36.4 Å². The molecule has 0 aromatic heterocycles. The van der Waals surface area contributed by atoms with E-state index in [0.29, 0.717) is 28.2 Å². The Morgan fingerprint density at radius 3 is 2.35 bits per heavy atom. The lowest BCUT2D eigenvalue weighted by atomic mass is 10.2. The van der Waals surface area contributed by atoms with Crippen molar-refractivity contribution in [2.45, 2.75) is 11.9 Å². The molecule has 0 heterocycles. The van der Waals surface area contributed by atoms with E-state index < -0.39 is 0 Å². The number of hydrogen-bond acceptors (Lipinski definition) is 2. The summed E-state index contributed by atoms with van der Waals surface area (Å²) in [5.74, 6) is 1.41. The summed E-state index contributed by atoms with van der Waals surface area (Å²) in [4.78, 5) is 0. The minimum absolute atomic E-state index is 0.402. The van der Waals surface area contributed by atoms with Crippen molar-refractivity contribution in [3.05, 3.63) is 57.6 Å². The van der Waals surface area contributed by atoms with Crippen molar-refractivity contribution in [3.63, 3.8) is 0 Å². The van der Waals surface area contributed by atoms with Crippen LogP contribution in [0.2, 0.25) is 10.0 Å². The number of alkyl halides is 1. The predicted octanol–water partition coefficient (Wildman–Crippen LogP) is 5.48. The van der Waals surface area contributed by atoms with Crippen LogP contribution in [-0.2, 0) is 11.9 Å². The Kier molecular flexibility index (Phi) is 5.58. The molecule has 0 radical (unpaired) electrons. The first-order valence-electron chi connectivity index (χ1n) is 5.93. The van der Waals surface area contributed by atoms with Gasteiger partial charge in [-0.15, -0.1) is 0 Å². The van der Waals surface area contributed by atoms with Gasteiger partial charge in [-0.25, -0.2) is 0 Å². The van der Waals surface area contributed by atoms with E-state index in [4.69, 9.17) is 32.7 Å². The fourth-order valence-corrected chi connectivity index (χ4v) is 2.38. The molecule has 0 amide bonds. The van der Waals surface area contributed by atoms with Crippen molar-refractivity contribution in [1.29, 1.82) is 0 Å². The van der Waals surface area contributed by atoms with Crippen molar-refractivity contribution < 1.29 is 9.47 Å². The molecule has 0 atom stereocenters. The number of benzene rings is 2. The first-order valence-corrected chi connectivity index (χ1v) is 7.81. The first-order chi connectivity index (χ1) is 9.63. The Balaban J connectivity index is 2.15. The average Bonchev–Trinajstić information content (AvgIpc) is 2.48. The van der Waals surface area contributed by atoms with Gasteiger partial charge in [0.15, 0.2) is 11.5 Å². The Hall–Kier alpha value is -0.900. The standard InChI is InChI=1S/C15H13BrCl2O2/c1-19-14-5-3-10(8-16)7-15(14)20-9-11-2-4-12(17)13(18)6-11/h2-7H,8-9H2,1H3. The molecule has 20 heavy (non-hydrogen) atoms. The fourth-order valence-electron chi connectivity index (χ4n) is 1.71. The lowest BCUT2D eigenvalue weighted by molar-refractivity contribution is 0.284. The van der Waals surface area contributed by atoms with Crippen LogP contribution >= 0.6 is 39.1 Å². The van der Waals surface area contributed by atoms with Crippen LogP contribution in [0.1, 0.15) is 11.1 Å². The molecule has 0 aliphatic rings. The van der Waals surface area contributed by atoms with Crippen LogP contribution in [0.25, 0.3) is 0 Å². The van der Waals surface area contributed by atoms with Gasteiger partial charge in [0.05, 0.1) is 17.2 Å². The summed E-state index contributed by atoms with van der Waals surface area (Å²) in [5, 5.41) is 1.82. The second kappa shape index (κ2) is 7.21. The van der Waals surface area contributed by atoms with Crippen LogP contribution in [0, 0.1) is 0 Å².